The molecule has 20 heavy (non-hydrogen) atoms. The van der Waals surface area contributed by atoms with Crippen LogP contribution in [0.4, 0.5) is 11.4 Å². The number of nitro benzene ring substituents is 1. The monoisotopic (exact) mass is 302 g/mol. The molecule has 0 bridgehead atoms. The Morgan fingerprint density at radius 1 is 1.40 bits per heavy atom. The fourth-order valence-corrected chi connectivity index (χ4v) is 2.40. The maximum absolute atomic E-state index is 11.6. The van der Waals surface area contributed by atoms with Crippen molar-refractivity contribution in [3.63, 3.8) is 0 Å². The van der Waals surface area contributed by atoms with Gasteiger partial charge in [0.2, 0.25) is 0 Å². The van der Waals surface area contributed by atoms with Crippen LogP contribution >= 0.6 is 0 Å². The Labute approximate surface area is 117 Å². The second kappa shape index (κ2) is 5.76. The van der Waals surface area contributed by atoms with Crippen LogP contribution in [0.3, 0.4) is 0 Å². The van der Waals surface area contributed by atoms with Crippen LogP contribution in [-0.4, -0.2) is 37.9 Å². The average molecular weight is 302 g/mol. The van der Waals surface area contributed by atoms with Crippen LogP contribution in [0, 0.1) is 15.5 Å². The van der Waals surface area contributed by atoms with Crippen molar-refractivity contribution in [1.82, 2.24) is 0 Å². The molecule has 1 aromatic rings. The van der Waals surface area contributed by atoms with Gasteiger partial charge < -0.3 is 10.4 Å². The number of nitrogens with zero attached hydrogens (tertiary/aromatic N) is 1. The van der Waals surface area contributed by atoms with Crippen molar-refractivity contribution in [3.8, 4) is 0 Å². The minimum atomic E-state index is -3.69. The average Bonchev–Trinajstić information content (AvgIpc) is 2.34. The minimum Gasteiger partial charge on any atom is -0.396 e. The number of sulfone groups is 1. The van der Waals surface area contributed by atoms with Gasteiger partial charge in [0.25, 0.3) is 0 Å². The Balaban J connectivity index is 3.25. The summed E-state index contributed by atoms with van der Waals surface area (Å²) in [7, 11) is -3.69. The number of benzene rings is 1. The molecule has 112 valence electrons. The lowest BCUT2D eigenvalue weighted by molar-refractivity contribution is -0.386. The highest BCUT2D eigenvalue weighted by Crippen LogP contribution is 2.32. The summed E-state index contributed by atoms with van der Waals surface area (Å²) < 4.78 is 23.2. The second-order valence-electron chi connectivity index (χ2n) is 5.36. The molecule has 0 fully saturated rings. The molecule has 0 amide bonds. The number of nitrogens with one attached hydrogen (secondary N) is 1. The predicted octanol–water partition coefficient (Wildman–Crippen LogP) is 1.43. The maximum Gasteiger partial charge on any atom is 0.310 e. The van der Waals surface area contributed by atoms with Gasteiger partial charge in [0.05, 0.1) is 4.92 Å². The van der Waals surface area contributed by atoms with Crippen LogP contribution in [0.1, 0.15) is 13.8 Å². The summed E-state index contributed by atoms with van der Waals surface area (Å²) in [5, 5.41) is 23.1. The number of para-hydroxylation sites is 1. The van der Waals surface area contributed by atoms with Gasteiger partial charge in [0.1, 0.15) is 10.6 Å². The molecule has 0 aliphatic rings. The first-order valence-corrected chi connectivity index (χ1v) is 7.80. The maximum atomic E-state index is 11.6. The molecule has 0 aliphatic heterocycles. The third kappa shape index (κ3) is 3.91. The topological polar surface area (TPSA) is 110 Å². The van der Waals surface area contributed by atoms with Gasteiger partial charge >= 0.3 is 5.69 Å². The van der Waals surface area contributed by atoms with Crippen LogP contribution < -0.4 is 5.32 Å². The molecule has 8 heteroatoms. The van der Waals surface area contributed by atoms with E-state index in [1.807, 2.05) is 0 Å². The van der Waals surface area contributed by atoms with Gasteiger partial charge in [-0.1, -0.05) is 19.9 Å². The molecule has 0 atom stereocenters. The fraction of sp³-hybridized carbons (Fsp3) is 0.500. The van der Waals surface area contributed by atoms with Gasteiger partial charge in [-0.15, -0.1) is 0 Å². The highest BCUT2D eigenvalue weighted by Gasteiger charge is 2.27. The van der Waals surface area contributed by atoms with E-state index in [0.29, 0.717) is 0 Å². The Kier molecular flexibility index (Phi) is 4.72. The summed E-state index contributed by atoms with van der Waals surface area (Å²) in [6.45, 7) is 3.75. The Morgan fingerprint density at radius 2 is 2.00 bits per heavy atom. The molecule has 0 heterocycles. The van der Waals surface area contributed by atoms with Crippen molar-refractivity contribution >= 4 is 21.2 Å². The zero-order chi connectivity index (χ0) is 15.6. The molecule has 2 N–H and O–H groups in total. The van der Waals surface area contributed by atoms with Crippen molar-refractivity contribution in [1.29, 1.82) is 0 Å². The van der Waals surface area contributed by atoms with Crippen molar-refractivity contribution in [3.05, 3.63) is 28.3 Å². The van der Waals surface area contributed by atoms with Crippen molar-refractivity contribution in [2.24, 2.45) is 5.41 Å². The molecule has 0 saturated carbocycles. The number of aliphatic hydroxyl groups excluding tert-OH is 1. The molecular formula is C12H18N2O5S. The van der Waals surface area contributed by atoms with E-state index in [9.17, 15) is 18.5 Å². The third-order valence-electron chi connectivity index (χ3n) is 2.77. The molecule has 0 saturated heterocycles. The molecule has 1 aromatic carbocycles. The Bertz CT molecular complexity index is 610. The van der Waals surface area contributed by atoms with Gasteiger partial charge in [0.15, 0.2) is 9.84 Å². The van der Waals surface area contributed by atoms with E-state index >= 15 is 0 Å². The van der Waals surface area contributed by atoms with Crippen molar-refractivity contribution in [2.45, 2.75) is 18.7 Å². The Hall–Kier alpha value is -1.67. The number of nitro groups is 1. The SMILES string of the molecule is CC(C)(CO)CNc1cccc(S(C)(=O)=O)c1[N+](=O)[O-]. The zero-order valence-corrected chi connectivity index (χ0v) is 12.4. The largest absolute Gasteiger partial charge is 0.396 e. The molecule has 0 spiro atoms. The number of hydrogen-bond donors (Lipinski definition) is 2. The van der Waals surface area contributed by atoms with E-state index in [4.69, 9.17) is 5.11 Å². The van der Waals surface area contributed by atoms with Crippen LogP contribution in [0.2, 0.25) is 0 Å². The van der Waals surface area contributed by atoms with Crippen LogP contribution in [0.25, 0.3) is 0 Å². The van der Waals surface area contributed by atoms with E-state index in [0.717, 1.165) is 6.26 Å². The van der Waals surface area contributed by atoms with Gasteiger partial charge in [-0.2, -0.15) is 0 Å². The van der Waals surface area contributed by atoms with E-state index in [2.05, 4.69) is 5.32 Å². The zero-order valence-electron chi connectivity index (χ0n) is 11.6. The van der Waals surface area contributed by atoms with Crippen LogP contribution in [0.5, 0.6) is 0 Å². The summed E-state index contributed by atoms with van der Waals surface area (Å²) >= 11 is 0. The standard InChI is InChI=1S/C12H18N2O5S/c1-12(2,8-15)7-13-9-5-4-6-10(20(3,18)19)11(9)14(16)17/h4-6,13,15H,7-8H2,1-3H3. The quantitative estimate of drug-likeness (QED) is 0.607. The molecule has 0 aliphatic carbocycles. The summed E-state index contributed by atoms with van der Waals surface area (Å²) in [6, 6.07) is 4.09. The highest BCUT2D eigenvalue weighted by atomic mass is 32.2. The highest BCUT2D eigenvalue weighted by molar-refractivity contribution is 7.90. The lowest BCUT2D eigenvalue weighted by Gasteiger charge is -2.22. The third-order valence-corrected chi connectivity index (χ3v) is 3.89. The molecule has 0 unspecified atom stereocenters. The van der Waals surface area contributed by atoms with E-state index in [1.165, 1.54) is 18.2 Å². The number of hydrogen-bond acceptors (Lipinski definition) is 6. The molecule has 7 nitrogen and oxygen atoms in total. The first-order valence-electron chi connectivity index (χ1n) is 5.91. The number of anilines is 1. The second-order valence-corrected chi connectivity index (χ2v) is 7.34. The lowest BCUT2D eigenvalue weighted by Crippen LogP contribution is -2.27. The summed E-state index contributed by atoms with van der Waals surface area (Å²) in [5.41, 5.74) is -0.821. The fourth-order valence-electron chi connectivity index (χ4n) is 1.54. The first-order chi connectivity index (χ1) is 9.08. The first kappa shape index (κ1) is 16.4. The van der Waals surface area contributed by atoms with Gasteiger partial charge in [-0.05, 0) is 12.1 Å². The van der Waals surface area contributed by atoms with E-state index in [-0.39, 0.29) is 23.7 Å². The summed E-state index contributed by atoms with van der Waals surface area (Å²) in [6.07, 6.45) is 0.927. The lowest BCUT2D eigenvalue weighted by atomic mass is 9.95. The van der Waals surface area contributed by atoms with Crippen LogP contribution in [-0.2, 0) is 9.84 Å². The summed E-state index contributed by atoms with van der Waals surface area (Å²) in [4.78, 5) is 10.1. The molecular weight excluding hydrogens is 284 g/mol. The normalized spacial score (nSPS) is 12.2. The van der Waals surface area contributed by atoms with E-state index < -0.39 is 25.9 Å². The molecule has 1 rings (SSSR count). The van der Waals surface area contributed by atoms with Crippen molar-refractivity contribution < 1.29 is 18.4 Å². The number of rotatable bonds is 6. The van der Waals surface area contributed by atoms with Gasteiger partial charge in [0, 0.05) is 24.8 Å². The smallest absolute Gasteiger partial charge is 0.310 e. The Morgan fingerprint density at radius 3 is 2.45 bits per heavy atom. The molecule has 0 aromatic heterocycles. The van der Waals surface area contributed by atoms with Gasteiger partial charge in [-0.3, -0.25) is 10.1 Å². The van der Waals surface area contributed by atoms with Crippen molar-refractivity contribution in [2.75, 3.05) is 24.7 Å². The minimum absolute atomic E-state index is 0.0977. The predicted molar refractivity (Wildman–Crippen MR) is 75.6 cm³/mol. The molecule has 0 radical (unpaired) electrons. The van der Waals surface area contributed by atoms with Crippen LogP contribution in [0.15, 0.2) is 23.1 Å². The summed E-state index contributed by atoms with van der Waals surface area (Å²) in [5.74, 6) is 0. The van der Waals surface area contributed by atoms with Gasteiger partial charge in [-0.25, -0.2) is 8.42 Å². The number of aliphatic hydroxyl groups is 1. The van der Waals surface area contributed by atoms with E-state index in [1.54, 1.807) is 13.8 Å².